The van der Waals surface area contributed by atoms with Gasteiger partial charge in [0.2, 0.25) is 5.89 Å². The van der Waals surface area contributed by atoms with Crippen molar-refractivity contribution in [3.8, 4) is 56.7 Å². The highest BCUT2D eigenvalue weighted by Crippen LogP contribution is 2.40. The summed E-state index contributed by atoms with van der Waals surface area (Å²) in [5, 5.41) is 6.38. The number of aromatic nitrogens is 5. The molecule has 4 heterocycles. The van der Waals surface area contributed by atoms with Crippen LogP contribution in [-0.2, 0) is 0 Å². The molecule has 0 spiro atoms. The number of rotatable bonds is 5. The summed E-state index contributed by atoms with van der Waals surface area (Å²) in [7, 11) is 0. The lowest BCUT2D eigenvalue weighted by atomic mass is 9.94. The lowest BCUT2D eigenvalue weighted by molar-refractivity contribution is 0.604. The van der Waals surface area contributed by atoms with Gasteiger partial charge in [0.25, 0.3) is 0 Å². The van der Waals surface area contributed by atoms with E-state index in [4.69, 9.17) is 28.8 Å². The minimum absolute atomic E-state index is 0.545. The number of fused-ring (bicyclic) bond motifs is 7. The average Bonchev–Trinajstić information content (AvgIpc) is 3.85. The Hall–Kier alpha value is -7.51. The van der Waals surface area contributed by atoms with E-state index < -0.39 is 0 Å². The fraction of sp³-hybridized carbons (Fsp3) is 0. The first-order valence-electron chi connectivity index (χ1n) is 17.7. The summed E-state index contributed by atoms with van der Waals surface area (Å²) in [6.07, 6.45) is 3.53. The van der Waals surface area contributed by atoms with Crippen molar-refractivity contribution in [2.75, 3.05) is 0 Å². The lowest BCUT2D eigenvalue weighted by Gasteiger charge is -2.12. The molecular formula is C47H27N5O2. The van der Waals surface area contributed by atoms with Crippen LogP contribution in [-0.4, -0.2) is 24.9 Å². The maximum absolute atomic E-state index is 6.52. The van der Waals surface area contributed by atoms with Crippen molar-refractivity contribution in [2.45, 2.75) is 0 Å². The molecule has 0 aliphatic heterocycles. The lowest BCUT2D eigenvalue weighted by Crippen LogP contribution is -2.01. The summed E-state index contributed by atoms with van der Waals surface area (Å²) in [5.41, 5.74) is 8.58. The molecule has 0 bridgehead atoms. The first-order valence-corrected chi connectivity index (χ1v) is 17.7. The molecule has 7 heteroatoms. The molecule has 0 aliphatic rings. The molecule has 0 atom stereocenters. The van der Waals surface area contributed by atoms with Crippen LogP contribution in [0.1, 0.15) is 0 Å². The zero-order chi connectivity index (χ0) is 35.6. The predicted molar refractivity (Wildman–Crippen MR) is 215 cm³/mol. The molecule has 0 saturated carbocycles. The first kappa shape index (κ1) is 30.1. The highest BCUT2D eigenvalue weighted by Gasteiger charge is 2.20. The van der Waals surface area contributed by atoms with Gasteiger partial charge in [0.1, 0.15) is 11.1 Å². The van der Waals surface area contributed by atoms with Crippen LogP contribution >= 0.6 is 0 Å². The van der Waals surface area contributed by atoms with Gasteiger partial charge in [-0.1, -0.05) is 109 Å². The Bertz CT molecular complexity index is 3230. The fourth-order valence-corrected chi connectivity index (χ4v) is 7.52. The summed E-state index contributed by atoms with van der Waals surface area (Å²) in [6.45, 7) is 0. The van der Waals surface area contributed by atoms with Crippen LogP contribution in [0, 0.1) is 0 Å². The molecule has 0 amide bonds. The van der Waals surface area contributed by atoms with Crippen LogP contribution in [0.25, 0.3) is 111 Å². The number of hydrogen-bond acceptors (Lipinski definition) is 7. The third-order valence-corrected chi connectivity index (χ3v) is 10.1. The third kappa shape index (κ3) is 4.87. The standard InChI is InChI=1S/C47H27N5O2/c1-2-15-32-28(10-1)11-8-19-38(32)46-51-44(50-45(52-46)31-14-9-25-48-27-31)30-13-7-12-29(26-30)33-21-22-39(35-17-4-3-16-34(33)35)47-49-40-24-23-37-36-18-5-6-20-41(36)53-42(37)43(40)54-47/h1-27H. The van der Waals surface area contributed by atoms with E-state index >= 15 is 0 Å². The van der Waals surface area contributed by atoms with Gasteiger partial charge in [-0.3, -0.25) is 4.98 Å². The van der Waals surface area contributed by atoms with Gasteiger partial charge in [-0.25, -0.2) is 19.9 Å². The molecule has 0 fully saturated rings. The molecule has 0 saturated heterocycles. The summed E-state index contributed by atoms with van der Waals surface area (Å²) in [5.74, 6) is 2.30. The largest absolute Gasteiger partial charge is 0.452 e. The van der Waals surface area contributed by atoms with Crippen LogP contribution in [0.15, 0.2) is 173 Å². The quantitative estimate of drug-likeness (QED) is 0.177. The highest BCUT2D eigenvalue weighted by atomic mass is 16.4. The van der Waals surface area contributed by atoms with E-state index in [0.717, 1.165) is 76.8 Å². The summed E-state index contributed by atoms with van der Waals surface area (Å²) >= 11 is 0. The molecule has 252 valence electrons. The molecule has 7 aromatic carbocycles. The smallest absolute Gasteiger partial charge is 0.228 e. The molecule has 11 aromatic rings. The molecule has 0 unspecified atom stereocenters. The second-order valence-corrected chi connectivity index (χ2v) is 13.3. The molecule has 0 aliphatic carbocycles. The first-order chi connectivity index (χ1) is 26.7. The Labute approximate surface area is 308 Å². The summed E-state index contributed by atoms with van der Waals surface area (Å²) < 4.78 is 12.8. The minimum Gasteiger partial charge on any atom is -0.452 e. The van der Waals surface area contributed by atoms with Crippen molar-refractivity contribution >= 4 is 54.6 Å². The second-order valence-electron chi connectivity index (χ2n) is 13.3. The van der Waals surface area contributed by atoms with Crippen molar-refractivity contribution in [1.82, 2.24) is 24.9 Å². The van der Waals surface area contributed by atoms with Gasteiger partial charge >= 0.3 is 0 Å². The van der Waals surface area contributed by atoms with Crippen molar-refractivity contribution in [3.63, 3.8) is 0 Å². The minimum atomic E-state index is 0.545. The molecule has 11 rings (SSSR count). The van der Waals surface area contributed by atoms with Crippen molar-refractivity contribution < 1.29 is 8.83 Å². The Morgan fingerprint density at radius 3 is 1.94 bits per heavy atom. The maximum atomic E-state index is 6.52. The molecule has 7 nitrogen and oxygen atoms in total. The second kappa shape index (κ2) is 12.0. The Morgan fingerprint density at radius 2 is 1.07 bits per heavy atom. The van der Waals surface area contributed by atoms with Crippen molar-refractivity contribution in [3.05, 3.63) is 164 Å². The van der Waals surface area contributed by atoms with Crippen molar-refractivity contribution in [1.29, 1.82) is 0 Å². The molecule has 54 heavy (non-hydrogen) atoms. The molecular weight excluding hydrogens is 667 g/mol. The number of nitrogens with zero attached hydrogens (tertiary/aromatic N) is 5. The Morgan fingerprint density at radius 1 is 0.389 bits per heavy atom. The van der Waals surface area contributed by atoms with Crippen LogP contribution < -0.4 is 0 Å². The number of pyridine rings is 1. The van der Waals surface area contributed by atoms with E-state index in [1.165, 1.54) is 0 Å². The van der Waals surface area contributed by atoms with Gasteiger partial charge in [-0.2, -0.15) is 0 Å². The average molecular weight is 694 g/mol. The predicted octanol–water partition coefficient (Wildman–Crippen LogP) is 11.9. The third-order valence-electron chi connectivity index (χ3n) is 10.1. The van der Waals surface area contributed by atoms with Crippen LogP contribution in [0.2, 0.25) is 0 Å². The van der Waals surface area contributed by atoms with E-state index in [2.05, 4.69) is 89.9 Å². The Balaban J connectivity index is 1.04. The van der Waals surface area contributed by atoms with Gasteiger partial charge in [-0.15, -0.1) is 0 Å². The van der Waals surface area contributed by atoms with Crippen LogP contribution in [0.4, 0.5) is 0 Å². The Kier molecular flexibility index (Phi) is 6.72. The SMILES string of the molecule is c1cncc(-c2nc(-c3cccc(-c4ccc(-c5nc6ccc7c8ccccc8oc7c6o5)c5ccccc45)c3)nc(-c3cccc4ccccc34)n2)c1. The van der Waals surface area contributed by atoms with E-state index in [9.17, 15) is 0 Å². The molecule has 0 radical (unpaired) electrons. The van der Waals surface area contributed by atoms with Crippen LogP contribution in [0.3, 0.4) is 0 Å². The monoisotopic (exact) mass is 693 g/mol. The topological polar surface area (TPSA) is 90.7 Å². The van der Waals surface area contributed by atoms with E-state index in [-0.39, 0.29) is 0 Å². The number of benzene rings is 7. The van der Waals surface area contributed by atoms with Gasteiger partial charge in [0, 0.05) is 45.4 Å². The molecule has 4 aromatic heterocycles. The normalized spacial score (nSPS) is 11.7. The van der Waals surface area contributed by atoms with Gasteiger partial charge in [-0.05, 0) is 75.1 Å². The van der Waals surface area contributed by atoms with E-state index in [1.54, 1.807) is 12.4 Å². The zero-order valence-electron chi connectivity index (χ0n) is 28.6. The number of para-hydroxylation sites is 1. The summed E-state index contributed by atoms with van der Waals surface area (Å²) in [4.78, 5) is 24.3. The summed E-state index contributed by atoms with van der Waals surface area (Å²) in [6, 6.07) is 51.4. The maximum Gasteiger partial charge on any atom is 0.228 e. The van der Waals surface area contributed by atoms with Gasteiger partial charge < -0.3 is 8.83 Å². The number of furan rings is 1. The van der Waals surface area contributed by atoms with Gasteiger partial charge in [0.05, 0.1) is 0 Å². The van der Waals surface area contributed by atoms with E-state index in [0.29, 0.717) is 34.5 Å². The van der Waals surface area contributed by atoms with Gasteiger partial charge in [0.15, 0.2) is 28.6 Å². The van der Waals surface area contributed by atoms with E-state index in [1.807, 2.05) is 66.7 Å². The van der Waals surface area contributed by atoms with Crippen LogP contribution in [0.5, 0.6) is 0 Å². The highest BCUT2D eigenvalue weighted by molar-refractivity contribution is 6.13. The van der Waals surface area contributed by atoms with Crippen molar-refractivity contribution in [2.24, 2.45) is 0 Å². The zero-order valence-corrected chi connectivity index (χ0v) is 28.6. The fourth-order valence-electron chi connectivity index (χ4n) is 7.52. The molecule has 0 N–H and O–H groups in total. The number of hydrogen-bond donors (Lipinski definition) is 0. The number of oxazole rings is 1.